The quantitative estimate of drug-likeness (QED) is 0.232. The van der Waals surface area contributed by atoms with Gasteiger partial charge in [0.15, 0.2) is 5.84 Å². The second kappa shape index (κ2) is 7.15. The summed E-state index contributed by atoms with van der Waals surface area (Å²) in [6.45, 7) is 1.00. The number of benzene rings is 2. The second-order valence-electron chi connectivity index (χ2n) is 6.55. The van der Waals surface area contributed by atoms with Gasteiger partial charge in [0.25, 0.3) is 0 Å². The van der Waals surface area contributed by atoms with E-state index in [1.165, 1.54) is 23.4 Å². The molecule has 7 heteroatoms. The smallest absolute Gasteiger partial charge is 0.154 e. The Morgan fingerprint density at radius 3 is 2.70 bits per heavy atom. The fourth-order valence-corrected chi connectivity index (χ4v) is 4.29. The summed E-state index contributed by atoms with van der Waals surface area (Å²) in [6.07, 6.45) is 5.36. The number of halogens is 1. The highest BCUT2D eigenvalue weighted by molar-refractivity contribution is 7.99. The van der Waals surface area contributed by atoms with Crippen LogP contribution in [0, 0.1) is 5.82 Å². The zero-order valence-corrected chi connectivity index (χ0v) is 15.9. The minimum absolute atomic E-state index is 0.198. The number of anilines is 1. The Bertz CT molecular complexity index is 1010. The SMILES string of the molecule is CSN1CCCCc2cc3c(/C(N)=N/N)c(-c4ccc(F)cc4)oc3cc21. The zero-order chi connectivity index (χ0) is 19.0. The monoisotopic (exact) mass is 384 g/mol. The number of fused-ring (bicyclic) bond motifs is 2. The number of hydrazone groups is 1. The van der Waals surface area contributed by atoms with Crippen LogP contribution in [0.15, 0.2) is 45.9 Å². The van der Waals surface area contributed by atoms with E-state index < -0.39 is 0 Å². The maximum atomic E-state index is 13.4. The van der Waals surface area contributed by atoms with Gasteiger partial charge in [0.05, 0.1) is 11.3 Å². The minimum Gasteiger partial charge on any atom is -0.455 e. The molecule has 0 spiro atoms. The summed E-state index contributed by atoms with van der Waals surface area (Å²) < 4.78 is 21.8. The van der Waals surface area contributed by atoms with E-state index in [0.29, 0.717) is 11.3 Å². The minimum atomic E-state index is -0.306. The van der Waals surface area contributed by atoms with E-state index in [4.69, 9.17) is 16.0 Å². The van der Waals surface area contributed by atoms with E-state index in [1.807, 2.05) is 0 Å². The molecule has 1 aromatic heterocycles. The third-order valence-corrected chi connectivity index (χ3v) is 5.76. The molecule has 0 radical (unpaired) electrons. The van der Waals surface area contributed by atoms with Gasteiger partial charge >= 0.3 is 0 Å². The number of rotatable bonds is 3. The fourth-order valence-electron chi connectivity index (χ4n) is 3.61. The predicted molar refractivity (Wildman–Crippen MR) is 110 cm³/mol. The maximum absolute atomic E-state index is 13.4. The van der Waals surface area contributed by atoms with Gasteiger partial charge in [0.1, 0.15) is 17.2 Å². The van der Waals surface area contributed by atoms with Crippen molar-refractivity contribution < 1.29 is 8.81 Å². The Labute approximate surface area is 161 Å². The number of hydrogen-bond donors (Lipinski definition) is 2. The molecule has 2 heterocycles. The average Bonchev–Trinajstić information content (AvgIpc) is 2.93. The van der Waals surface area contributed by atoms with Crippen molar-refractivity contribution >= 4 is 34.4 Å². The lowest BCUT2D eigenvalue weighted by Gasteiger charge is -2.21. The molecule has 0 bridgehead atoms. The van der Waals surface area contributed by atoms with Crippen LogP contribution >= 0.6 is 11.9 Å². The van der Waals surface area contributed by atoms with E-state index in [-0.39, 0.29) is 11.7 Å². The van der Waals surface area contributed by atoms with Crippen molar-refractivity contribution in [3.8, 4) is 11.3 Å². The van der Waals surface area contributed by atoms with Crippen LogP contribution in [0.25, 0.3) is 22.3 Å². The van der Waals surface area contributed by atoms with Crippen LogP contribution in [-0.2, 0) is 6.42 Å². The summed E-state index contributed by atoms with van der Waals surface area (Å²) in [6, 6.07) is 10.3. The van der Waals surface area contributed by atoms with E-state index in [9.17, 15) is 4.39 Å². The van der Waals surface area contributed by atoms with Crippen LogP contribution in [0.1, 0.15) is 24.0 Å². The van der Waals surface area contributed by atoms with Crippen molar-refractivity contribution in [3.05, 3.63) is 53.3 Å². The van der Waals surface area contributed by atoms with Crippen molar-refractivity contribution in [3.63, 3.8) is 0 Å². The predicted octanol–water partition coefficient (Wildman–Crippen LogP) is 4.24. The van der Waals surface area contributed by atoms with Gasteiger partial charge in [-0.2, -0.15) is 5.10 Å². The highest BCUT2D eigenvalue weighted by Gasteiger charge is 2.23. The lowest BCUT2D eigenvalue weighted by atomic mass is 10.0. The van der Waals surface area contributed by atoms with Gasteiger partial charge in [-0.3, -0.25) is 0 Å². The summed E-state index contributed by atoms with van der Waals surface area (Å²) >= 11 is 1.71. The molecule has 0 aliphatic carbocycles. The molecule has 5 nitrogen and oxygen atoms in total. The number of furan rings is 1. The Hall–Kier alpha value is -2.67. The van der Waals surface area contributed by atoms with Crippen LogP contribution in [0.2, 0.25) is 0 Å². The molecule has 0 unspecified atom stereocenters. The Morgan fingerprint density at radius 1 is 1.22 bits per heavy atom. The lowest BCUT2D eigenvalue weighted by molar-refractivity contribution is 0.623. The third kappa shape index (κ3) is 3.12. The molecule has 0 atom stereocenters. The molecule has 4 rings (SSSR count). The standard InChI is InChI=1S/C20H21FN4OS/c1-27-25-9-3-2-4-13-10-15-17(11-16(13)25)26-19(18(15)20(22)24-23)12-5-7-14(21)8-6-12/h5-8,10-11H,2-4,9,23H2,1H3,(H2,22,24). The van der Waals surface area contributed by atoms with Crippen LogP contribution in [0.4, 0.5) is 10.1 Å². The van der Waals surface area contributed by atoms with Gasteiger partial charge in [-0.25, -0.2) is 4.39 Å². The highest BCUT2D eigenvalue weighted by atomic mass is 32.2. The molecule has 0 amide bonds. The molecule has 140 valence electrons. The molecular weight excluding hydrogens is 363 g/mol. The summed E-state index contributed by atoms with van der Waals surface area (Å²) in [5.41, 5.74) is 10.6. The van der Waals surface area contributed by atoms with E-state index in [1.54, 1.807) is 24.1 Å². The molecule has 1 aliphatic heterocycles. The van der Waals surface area contributed by atoms with Gasteiger partial charge in [0.2, 0.25) is 0 Å². The van der Waals surface area contributed by atoms with Gasteiger partial charge in [-0.1, -0.05) is 11.9 Å². The summed E-state index contributed by atoms with van der Waals surface area (Å²) in [5.74, 6) is 5.92. The molecule has 4 N–H and O–H groups in total. The fraction of sp³-hybridized carbons (Fsp3) is 0.250. The first kappa shape index (κ1) is 17.7. The van der Waals surface area contributed by atoms with Crippen molar-refractivity contribution in [2.24, 2.45) is 16.7 Å². The van der Waals surface area contributed by atoms with E-state index in [2.05, 4.69) is 27.8 Å². The van der Waals surface area contributed by atoms with Crippen LogP contribution < -0.4 is 15.9 Å². The van der Waals surface area contributed by atoms with Crippen LogP contribution in [0.5, 0.6) is 0 Å². The van der Waals surface area contributed by atoms with Gasteiger partial charge in [-0.15, -0.1) is 0 Å². The molecule has 1 aliphatic rings. The summed E-state index contributed by atoms with van der Waals surface area (Å²) in [5, 5.41) is 4.57. The molecule has 2 aromatic carbocycles. The average molecular weight is 384 g/mol. The largest absolute Gasteiger partial charge is 0.455 e. The molecule has 0 saturated heterocycles. The summed E-state index contributed by atoms with van der Waals surface area (Å²) in [7, 11) is 0. The zero-order valence-electron chi connectivity index (χ0n) is 15.0. The second-order valence-corrected chi connectivity index (χ2v) is 7.35. The Kier molecular flexibility index (Phi) is 4.70. The van der Waals surface area contributed by atoms with Gasteiger partial charge in [0, 0.05) is 29.8 Å². The normalized spacial score (nSPS) is 15.0. The molecule has 27 heavy (non-hydrogen) atoms. The lowest BCUT2D eigenvalue weighted by Crippen LogP contribution is -2.16. The van der Waals surface area contributed by atoms with Crippen molar-refractivity contribution in [2.45, 2.75) is 19.3 Å². The van der Waals surface area contributed by atoms with E-state index >= 15 is 0 Å². The van der Waals surface area contributed by atoms with Crippen LogP contribution in [0.3, 0.4) is 0 Å². The molecule has 0 saturated carbocycles. The number of nitrogens with zero attached hydrogens (tertiary/aromatic N) is 2. The Morgan fingerprint density at radius 2 is 2.00 bits per heavy atom. The topological polar surface area (TPSA) is 80.8 Å². The number of amidine groups is 1. The summed E-state index contributed by atoms with van der Waals surface area (Å²) in [4.78, 5) is 0. The van der Waals surface area contributed by atoms with Gasteiger partial charge < -0.3 is 20.3 Å². The molecule has 0 fully saturated rings. The molecule has 3 aromatic rings. The first-order chi connectivity index (χ1) is 13.1. The first-order valence-electron chi connectivity index (χ1n) is 8.83. The maximum Gasteiger partial charge on any atom is 0.154 e. The van der Waals surface area contributed by atoms with E-state index in [0.717, 1.165) is 42.3 Å². The van der Waals surface area contributed by atoms with Crippen LogP contribution in [-0.4, -0.2) is 18.6 Å². The van der Waals surface area contributed by atoms with Crippen molar-refractivity contribution in [1.29, 1.82) is 0 Å². The first-order valence-corrected chi connectivity index (χ1v) is 10.0. The molecular formula is C20H21FN4OS. The number of aryl methyl sites for hydroxylation is 1. The Balaban J connectivity index is 1.98. The van der Waals surface area contributed by atoms with Crippen molar-refractivity contribution in [1.82, 2.24) is 0 Å². The van der Waals surface area contributed by atoms with Gasteiger partial charge in [-0.05, 0) is 55.2 Å². The highest BCUT2D eigenvalue weighted by Crippen LogP contribution is 2.39. The third-order valence-electron chi connectivity index (χ3n) is 4.94. The number of hydrogen-bond acceptors (Lipinski definition) is 5. The number of nitrogens with two attached hydrogens (primary N) is 2. The van der Waals surface area contributed by atoms with Crippen molar-refractivity contribution in [2.75, 3.05) is 17.1 Å².